The second-order valence-electron chi connectivity index (χ2n) is 4.67. The largest absolute Gasteiger partial charge is 0.234 e. The lowest BCUT2D eigenvalue weighted by molar-refractivity contribution is 0.650. The summed E-state index contributed by atoms with van der Waals surface area (Å²) < 4.78 is 15.4. The Labute approximate surface area is 100 Å². The van der Waals surface area contributed by atoms with Crippen molar-refractivity contribution in [2.75, 3.05) is 0 Å². The van der Waals surface area contributed by atoms with Crippen molar-refractivity contribution >= 4 is 17.2 Å². The summed E-state index contributed by atoms with van der Waals surface area (Å²) in [6.07, 6.45) is 3.56. The molecule has 0 spiro atoms. The summed E-state index contributed by atoms with van der Waals surface area (Å²) >= 11 is 0. The fraction of sp³-hybridized carbons (Fsp3) is 0.462. The van der Waals surface area contributed by atoms with Crippen LogP contribution in [-0.4, -0.2) is 15.2 Å². The van der Waals surface area contributed by atoms with Gasteiger partial charge in [0.1, 0.15) is 11.0 Å². The van der Waals surface area contributed by atoms with E-state index in [0.29, 0.717) is 0 Å². The van der Waals surface area contributed by atoms with Crippen molar-refractivity contribution in [2.24, 2.45) is 4.40 Å². The van der Waals surface area contributed by atoms with E-state index in [1.165, 1.54) is 5.56 Å². The SMILES string of the molecule is CC(C)(C)[S@](=O)/N=C/CCc1ccccc1. The molecule has 3 heteroatoms. The van der Waals surface area contributed by atoms with Crippen LogP contribution in [-0.2, 0) is 17.4 Å². The molecular weight excluding hydrogens is 218 g/mol. The third kappa shape index (κ3) is 4.71. The van der Waals surface area contributed by atoms with Crippen molar-refractivity contribution < 1.29 is 4.21 Å². The van der Waals surface area contributed by atoms with Crippen LogP contribution < -0.4 is 0 Å². The van der Waals surface area contributed by atoms with E-state index in [-0.39, 0.29) is 4.75 Å². The zero-order valence-electron chi connectivity index (χ0n) is 10.1. The van der Waals surface area contributed by atoms with Gasteiger partial charge in [0.25, 0.3) is 0 Å². The number of nitrogens with zero attached hydrogens (tertiary/aromatic N) is 1. The van der Waals surface area contributed by atoms with Gasteiger partial charge in [0, 0.05) is 6.21 Å². The molecule has 0 radical (unpaired) electrons. The molecule has 0 aliphatic carbocycles. The van der Waals surface area contributed by atoms with E-state index in [9.17, 15) is 4.21 Å². The average molecular weight is 237 g/mol. The number of aryl methyl sites for hydroxylation is 1. The van der Waals surface area contributed by atoms with Gasteiger partial charge in [-0.2, -0.15) is 4.40 Å². The van der Waals surface area contributed by atoms with Gasteiger partial charge in [0.05, 0.1) is 4.75 Å². The topological polar surface area (TPSA) is 29.4 Å². The molecule has 0 heterocycles. The summed E-state index contributed by atoms with van der Waals surface area (Å²) in [7, 11) is -1.13. The van der Waals surface area contributed by atoms with Gasteiger partial charge in [0.2, 0.25) is 0 Å². The van der Waals surface area contributed by atoms with E-state index in [4.69, 9.17) is 0 Å². The third-order valence-electron chi connectivity index (χ3n) is 2.10. The molecule has 16 heavy (non-hydrogen) atoms. The molecule has 1 atom stereocenters. The van der Waals surface area contributed by atoms with Crippen LogP contribution in [0.4, 0.5) is 0 Å². The molecule has 1 rings (SSSR count). The molecule has 1 aromatic carbocycles. The van der Waals surface area contributed by atoms with Gasteiger partial charge in [-0.25, -0.2) is 4.21 Å². The molecule has 0 bridgehead atoms. The normalized spacial score (nSPS) is 14.2. The van der Waals surface area contributed by atoms with Crippen molar-refractivity contribution in [1.82, 2.24) is 0 Å². The van der Waals surface area contributed by atoms with E-state index >= 15 is 0 Å². The molecule has 2 nitrogen and oxygen atoms in total. The van der Waals surface area contributed by atoms with E-state index in [2.05, 4.69) is 16.5 Å². The Balaban J connectivity index is 2.37. The molecule has 0 aromatic heterocycles. The maximum absolute atomic E-state index is 11.6. The van der Waals surface area contributed by atoms with Crippen LogP contribution in [0.1, 0.15) is 32.8 Å². The molecule has 0 saturated carbocycles. The highest BCUT2D eigenvalue weighted by atomic mass is 32.2. The lowest BCUT2D eigenvalue weighted by Crippen LogP contribution is -2.19. The van der Waals surface area contributed by atoms with Crippen LogP contribution in [0.3, 0.4) is 0 Å². The first-order chi connectivity index (χ1) is 7.50. The van der Waals surface area contributed by atoms with Crippen LogP contribution in [0.25, 0.3) is 0 Å². The molecule has 0 N–H and O–H groups in total. The Kier molecular flexibility index (Phi) is 4.87. The predicted molar refractivity (Wildman–Crippen MR) is 71.2 cm³/mol. The lowest BCUT2D eigenvalue weighted by atomic mass is 10.1. The molecule has 0 aliphatic heterocycles. The standard InChI is InChI=1S/C13H19NOS/c1-13(2,3)16(15)14-11-7-10-12-8-5-4-6-9-12/h4-6,8-9,11H,7,10H2,1-3H3/b14-11+/t16-/m0/s1. The van der Waals surface area contributed by atoms with Gasteiger partial charge in [0.15, 0.2) is 0 Å². The van der Waals surface area contributed by atoms with Crippen LogP contribution in [0.2, 0.25) is 0 Å². The highest BCUT2D eigenvalue weighted by Gasteiger charge is 2.17. The average Bonchev–Trinajstić information content (AvgIpc) is 2.24. The van der Waals surface area contributed by atoms with Crippen LogP contribution in [0.5, 0.6) is 0 Å². The number of benzene rings is 1. The van der Waals surface area contributed by atoms with Gasteiger partial charge < -0.3 is 0 Å². The second kappa shape index (κ2) is 5.94. The molecule has 0 fully saturated rings. The maximum Gasteiger partial charge on any atom is 0.144 e. The number of hydrogen-bond acceptors (Lipinski definition) is 1. The highest BCUT2D eigenvalue weighted by molar-refractivity contribution is 7.85. The predicted octanol–water partition coefficient (Wildman–Crippen LogP) is 3.15. The molecule has 88 valence electrons. The summed E-state index contributed by atoms with van der Waals surface area (Å²) in [5.74, 6) is 0. The lowest BCUT2D eigenvalue weighted by Gasteiger charge is -2.12. The van der Waals surface area contributed by atoms with Gasteiger partial charge in [-0.1, -0.05) is 30.3 Å². The Morgan fingerprint density at radius 2 is 1.88 bits per heavy atom. The fourth-order valence-corrected chi connectivity index (χ4v) is 1.71. The molecular formula is C13H19NOS. The van der Waals surface area contributed by atoms with E-state index < -0.39 is 11.0 Å². The van der Waals surface area contributed by atoms with Crippen molar-refractivity contribution in [3.8, 4) is 0 Å². The van der Waals surface area contributed by atoms with Gasteiger partial charge >= 0.3 is 0 Å². The number of hydrogen-bond donors (Lipinski definition) is 0. The molecule has 0 saturated heterocycles. The Morgan fingerprint density at radius 1 is 1.25 bits per heavy atom. The van der Waals surface area contributed by atoms with Gasteiger partial charge in [-0.05, 0) is 39.2 Å². The Bertz CT molecular complexity index is 365. The summed E-state index contributed by atoms with van der Waals surface area (Å²) in [5.41, 5.74) is 1.29. The zero-order chi connectivity index (χ0) is 12.0. The Hall–Kier alpha value is -0.960. The van der Waals surface area contributed by atoms with Crippen molar-refractivity contribution in [2.45, 2.75) is 38.4 Å². The summed E-state index contributed by atoms with van der Waals surface area (Å²) in [4.78, 5) is 0. The molecule has 0 aliphatic rings. The first-order valence-corrected chi connectivity index (χ1v) is 6.59. The van der Waals surface area contributed by atoms with Crippen molar-refractivity contribution in [1.29, 1.82) is 0 Å². The highest BCUT2D eigenvalue weighted by Crippen LogP contribution is 2.11. The minimum absolute atomic E-state index is 0.261. The van der Waals surface area contributed by atoms with Gasteiger partial charge in [-0.3, -0.25) is 0 Å². The quantitative estimate of drug-likeness (QED) is 0.740. The van der Waals surface area contributed by atoms with Gasteiger partial charge in [-0.15, -0.1) is 0 Å². The molecule has 0 unspecified atom stereocenters. The van der Waals surface area contributed by atoms with Crippen LogP contribution in [0, 0.1) is 0 Å². The van der Waals surface area contributed by atoms with Crippen molar-refractivity contribution in [3.63, 3.8) is 0 Å². The summed E-state index contributed by atoms with van der Waals surface area (Å²) in [5, 5.41) is 0. The third-order valence-corrected chi connectivity index (χ3v) is 3.49. The van der Waals surface area contributed by atoms with E-state index in [1.54, 1.807) is 6.21 Å². The molecule has 0 amide bonds. The second-order valence-corrected chi connectivity index (χ2v) is 6.61. The van der Waals surface area contributed by atoms with Crippen LogP contribution >= 0.6 is 0 Å². The fourth-order valence-electron chi connectivity index (χ4n) is 1.15. The van der Waals surface area contributed by atoms with E-state index in [0.717, 1.165) is 12.8 Å². The Morgan fingerprint density at radius 3 is 2.44 bits per heavy atom. The maximum atomic E-state index is 11.6. The van der Waals surface area contributed by atoms with E-state index in [1.807, 2.05) is 39.0 Å². The minimum atomic E-state index is -1.13. The summed E-state index contributed by atoms with van der Waals surface area (Å²) in [6.45, 7) is 5.78. The van der Waals surface area contributed by atoms with Crippen LogP contribution in [0.15, 0.2) is 34.7 Å². The summed E-state index contributed by atoms with van der Waals surface area (Å²) in [6, 6.07) is 10.2. The monoisotopic (exact) mass is 237 g/mol. The first-order valence-electron chi connectivity index (χ1n) is 5.48. The zero-order valence-corrected chi connectivity index (χ0v) is 11.0. The smallest absolute Gasteiger partial charge is 0.144 e. The minimum Gasteiger partial charge on any atom is -0.234 e. The number of rotatable bonds is 4. The molecule has 1 aromatic rings. The first kappa shape index (κ1) is 13.1. The van der Waals surface area contributed by atoms with Crippen molar-refractivity contribution in [3.05, 3.63) is 35.9 Å².